The van der Waals surface area contributed by atoms with E-state index in [1.165, 1.54) is 19.1 Å². The van der Waals surface area contributed by atoms with E-state index in [0.717, 1.165) is 12.8 Å². The second kappa shape index (κ2) is 13.0. The first kappa shape index (κ1) is 23.8. The number of unbranched alkanes of at least 4 members (excludes halogenated alkanes) is 1. The van der Waals surface area contributed by atoms with Gasteiger partial charge in [-0.15, -0.1) is 0 Å². The predicted molar refractivity (Wildman–Crippen MR) is 86.8 cm³/mol. The van der Waals surface area contributed by atoms with Crippen molar-refractivity contribution >= 4 is 17.9 Å². The van der Waals surface area contributed by atoms with Gasteiger partial charge >= 0.3 is 17.9 Å². The fourth-order valence-electron chi connectivity index (χ4n) is 1.52. The van der Waals surface area contributed by atoms with Crippen LogP contribution in [-0.2, 0) is 9.59 Å². The molecule has 1 rings (SSSR count). The summed E-state index contributed by atoms with van der Waals surface area (Å²) < 4.78 is 4.69. The minimum Gasteiger partial charge on any atom is -0.480 e. The van der Waals surface area contributed by atoms with Gasteiger partial charge in [-0.3, -0.25) is 9.59 Å². The standard InChI is InChI=1S/C9H8O4.C6H14N2O2.H2O/c1-6(10)13-8-5-3-2-4-7(8)9(11)12;7-4-2-1-3-5(8)6(9)10;/h2-5H,1H3,(H,11,12);5H,1-4,7-8H2,(H,9,10);1H2/t;5-;/m.0./s1. The summed E-state index contributed by atoms with van der Waals surface area (Å²) in [5, 5.41) is 17.0. The quantitative estimate of drug-likeness (QED) is 0.302. The van der Waals surface area contributed by atoms with E-state index in [1.807, 2.05) is 0 Å². The molecule has 1 aromatic rings. The molecule has 0 heterocycles. The van der Waals surface area contributed by atoms with Gasteiger partial charge in [-0.2, -0.15) is 0 Å². The summed E-state index contributed by atoms with van der Waals surface area (Å²) in [5.74, 6) is -2.51. The van der Waals surface area contributed by atoms with E-state index in [4.69, 9.17) is 21.7 Å². The van der Waals surface area contributed by atoms with Crippen LogP contribution in [0.4, 0.5) is 0 Å². The second-order valence-corrected chi connectivity index (χ2v) is 4.62. The summed E-state index contributed by atoms with van der Waals surface area (Å²) in [7, 11) is 0. The lowest BCUT2D eigenvalue weighted by atomic mass is 10.1. The van der Waals surface area contributed by atoms with Gasteiger partial charge in [0.1, 0.15) is 17.4 Å². The van der Waals surface area contributed by atoms with E-state index >= 15 is 0 Å². The van der Waals surface area contributed by atoms with Crippen molar-refractivity contribution in [2.75, 3.05) is 6.54 Å². The number of aromatic carboxylic acids is 1. The zero-order valence-electron chi connectivity index (χ0n) is 13.4. The van der Waals surface area contributed by atoms with Crippen LogP contribution in [0.15, 0.2) is 24.3 Å². The second-order valence-electron chi connectivity index (χ2n) is 4.62. The Bertz CT molecular complexity index is 534. The molecular weight excluding hydrogens is 320 g/mol. The first-order valence-corrected chi connectivity index (χ1v) is 6.98. The molecule has 0 radical (unpaired) electrons. The Balaban J connectivity index is 0. The molecule has 0 fully saturated rings. The number of carboxylic acids is 2. The van der Waals surface area contributed by atoms with Crippen LogP contribution in [0.2, 0.25) is 0 Å². The number of ether oxygens (including phenoxy) is 1. The summed E-state index contributed by atoms with van der Waals surface area (Å²) >= 11 is 0. The van der Waals surface area contributed by atoms with E-state index in [0.29, 0.717) is 13.0 Å². The van der Waals surface area contributed by atoms with Crippen molar-refractivity contribution in [2.24, 2.45) is 11.5 Å². The molecule has 0 spiro atoms. The highest BCUT2D eigenvalue weighted by atomic mass is 16.5. The average molecular weight is 344 g/mol. The molecule has 1 atom stereocenters. The first-order valence-electron chi connectivity index (χ1n) is 6.98. The van der Waals surface area contributed by atoms with Crippen LogP contribution in [0.3, 0.4) is 0 Å². The van der Waals surface area contributed by atoms with Crippen molar-refractivity contribution in [1.82, 2.24) is 0 Å². The molecule has 9 nitrogen and oxygen atoms in total. The van der Waals surface area contributed by atoms with Gasteiger partial charge in [-0.25, -0.2) is 4.79 Å². The number of esters is 1. The molecule has 0 saturated carbocycles. The van der Waals surface area contributed by atoms with E-state index < -0.39 is 23.9 Å². The Morgan fingerprint density at radius 3 is 2.21 bits per heavy atom. The Labute approximate surface area is 139 Å². The van der Waals surface area contributed by atoms with Crippen molar-refractivity contribution in [2.45, 2.75) is 32.2 Å². The Kier molecular flexibility index (Phi) is 12.9. The number of aliphatic carboxylic acids is 1. The van der Waals surface area contributed by atoms with Crippen molar-refractivity contribution < 1.29 is 34.8 Å². The molecule has 9 heteroatoms. The number of carboxylic acid groups (broad SMARTS) is 2. The third-order valence-electron chi connectivity index (χ3n) is 2.66. The lowest BCUT2D eigenvalue weighted by Crippen LogP contribution is -2.29. The molecule has 1 aromatic carbocycles. The van der Waals surface area contributed by atoms with Gasteiger partial charge < -0.3 is 31.9 Å². The fourth-order valence-corrected chi connectivity index (χ4v) is 1.52. The summed E-state index contributed by atoms with van der Waals surface area (Å²) in [4.78, 5) is 31.3. The average Bonchev–Trinajstić information content (AvgIpc) is 2.47. The Hall–Kier alpha value is -2.49. The lowest BCUT2D eigenvalue weighted by Gasteiger charge is -2.03. The van der Waals surface area contributed by atoms with Crippen molar-refractivity contribution in [3.8, 4) is 5.75 Å². The van der Waals surface area contributed by atoms with Crippen molar-refractivity contribution in [1.29, 1.82) is 0 Å². The molecular formula is C15H24N2O7. The summed E-state index contributed by atoms with van der Waals surface area (Å²) in [6, 6.07) is 5.26. The summed E-state index contributed by atoms with van der Waals surface area (Å²) in [6.07, 6.45) is 2.16. The number of hydrogen-bond donors (Lipinski definition) is 4. The SMILES string of the molecule is CC(=O)Oc1ccccc1C(=O)O.NCCCC[C@H](N)C(=O)O.O. The largest absolute Gasteiger partial charge is 0.480 e. The highest BCUT2D eigenvalue weighted by Gasteiger charge is 2.11. The molecule has 0 bridgehead atoms. The van der Waals surface area contributed by atoms with E-state index in [9.17, 15) is 14.4 Å². The van der Waals surface area contributed by atoms with Gasteiger partial charge in [0.2, 0.25) is 0 Å². The molecule has 0 aromatic heterocycles. The summed E-state index contributed by atoms with van der Waals surface area (Å²) in [6.45, 7) is 1.82. The number of hydrogen-bond acceptors (Lipinski definition) is 6. The molecule has 24 heavy (non-hydrogen) atoms. The number of rotatable bonds is 7. The van der Waals surface area contributed by atoms with E-state index in [2.05, 4.69) is 4.74 Å². The van der Waals surface area contributed by atoms with Crippen LogP contribution in [0, 0.1) is 0 Å². The van der Waals surface area contributed by atoms with Crippen molar-refractivity contribution in [3.05, 3.63) is 29.8 Å². The zero-order valence-corrected chi connectivity index (χ0v) is 13.4. The number of benzene rings is 1. The fraction of sp³-hybridized carbons (Fsp3) is 0.400. The molecule has 0 unspecified atom stereocenters. The van der Waals surface area contributed by atoms with Gasteiger partial charge in [0.25, 0.3) is 0 Å². The van der Waals surface area contributed by atoms with Crippen LogP contribution in [0.25, 0.3) is 0 Å². The maximum Gasteiger partial charge on any atom is 0.339 e. The first-order chi connectivity index (χ1) is 10.8. The molecule has 0 aliphatic heterocycles. The molecule has 0 aliphatic carbocycles. The monoisotopic (exact) mass is 344 g/mol. The topological polar surface area (TPSA) is 184 Å². The Morgan fingerprint density at radius 2 is 1.75 bits per heavy atom. The number of carbonyl (C=O) groups is 3. The highest BCUT2D eigenvalue weighted by molar-refractivity contribution is 5.91. The number of carbonyl (C=O) groups excluding carboxylic acids is 1. The van der Waals surface area contributed by atoms with Crippen molar-refractivity contribution in [3.63, 3.8) is 0 Å². The highest BCUT2D eigenvalue weighted by Crippen LogP contribution is 2.17. The van der Waals surface area contributed by atoms with Gasteiger partial charge in [0, 0.05) is 6.92 Å². The predicted octanol–water partition coefficient (Wildman–Crippen LogP) is 0.0127. The maximum absolute atomic E-state index is 10.6. The maximum atomic E-state index is 10.6. The van der Waals surface area contributed by atoms with Crippen LogP contribution in [0.1, 0.15) is 36.5 Å². The molecule has 8 N–H and O–H groups in total. The third kappa shape index (κ3) is 10.3. The van der Waals surface area contributed by atoms with E-state index in [-0.39, 0.29) is 16.8 Å². The zero-order chi connectivity index (χ0) is 17.8. The van der Waals surface area contributed by atoms with Gasteiger partial charge in [-0.05, 0) is 31.5 Å². The molecule has 0 aliphatic rings. The normalized spacial score (nSPS) is 10.5. The number of para-hydroxylation sites is 1. The van der Waals surface area contributed by atoms with Crippen LogP contribution >= 0.6 is 0 Å². The number of nitrogens with two attached hydrogens (primary N) is 2. The minimum atomic E-state index is -1.11. The molecule has 136 valence electrons. The van der Waals surface area contributed by atoms with Crippen LogP contribution < -0.4 is 16.2 Å². The van der Waals surface area contributed by atoms with Gasteiger partial charge in [0.15, 0.2) is 0 Å². The van der Waals surface area contributed by atoms with Gasteiger partial charge in [-0.1, -0.05) is 18.6 Å². The smallest absolute Gasteiger partial charge is 0.339 e. The van der Waals surface area contributed by atoms with Crippen LogP contribution in [0.5, 0.6) is 5.75 Å². The third-order valence-corrected chi connectivity index (χ3v) is 2.66. The molecule has 0 saturated heterocycles. The lowest BCUT2D eigenvalue weighted by molar-refractivity contribution is -0.138. The Morgan fingerprint density at radius 1 is 1.17 bits per heavy atom. The van der Waals surface area contributed by atoms with Gasteiger partial charge in [0.05, 0.1) is 0 Å². The summed E-state index contributed by atoms with van der Waals surface area (Å²) in [5.41, 5.74) is 10.4. The molecule has 0 amide bonds. The van der Waals surface area contributed by atoms with E-state index in [1.54, 1.807) is 12.1 Å². The minimum absolute atomic E-state index is 0. The van der Waals surface area contributed by atoms with Crippen LogP contribution in [-0.4, -0.2) is 46.2 Å².